The van der Waals surface area contributed by atoms with E-state index in [0.29, 0.717) is 0 Å². The van der Waals surface area contributed by atoms with E-state index < -0.39 is 0 Å². The van der Waals surface area contributed by atoms with Crippen molar-refractivity contribution in [1.29, 1.82) is 0 Å². The first-order valence-corrected chi connectivity index (χ1v) is 5.07. The molecule has 1 heterocycles. The van der Waals surface area contributed by atoms with Crippen LogP contribution in [0.4, 0.5) is 4.79 Å². The normalized spacial score (nSPS) is 18.8. The molecule has 4 nitrogen and oxygen atoms in total. The first-order valence-electron chi connectivity index (χ1n) is 4.44. The van der Waals surface area contributed by atoms with Crippen LogP contribution in [0.1, 0.15) is 0 Å². The first-order chi connectivity index (χ1) is 6.27. The van der Waals surface area contributed by atoms with Crippen LogP contribution in [-0.4, -0.2) is 61.5 Å². The molecule has 0 aliphatic carbocycles. The summed E-state index contributed by atoms with van der Waals surface area (Å²) < 4.78 is 4.64. The third kappa shape index (κ3) is 3.08. The highest BCUT2D eigenvalue weighted by Crippen LogP contribution is 2.02. The molecule has 0 bridgehead atoms. The van der Waals surface area contributed by atoms with Crippen LogP contribution in [0.5, 0.6) is 0 Å². The minimum absolute atomic E-state index is 0.217. The molecule has 0 aromatic heterocycles. The number of rotatable bonds is 2. The number of thiol groups is 1. The monoisotopic (exact) mass is 204 g/mol. The van der Waals surface area contributed by atoms with Crippen molar-refractivity contribution < 1.29 is 9.53 Å². The summed E-state index contributed by atoms with van der Waals surface area (Å²) in [6.07, 6.45) is -0.217. The fraction of sp³-hybridized carbons (Fsp3) is 0.875. The van der Waals surface area contributed by atoms with Gasteiger partial charge in [0.1, 0.15) is 0 Å². The van der Waals surface area contributed by atoms with E-state index in [9.17, 15) is 4.79 Å². The Morgan fingerprint density at radius 3 is 2.46 bits per heavy atom. The van der Waals surface area contributed by atoms with E-state index >= 15 is 0 Å². The molecule has 0 unspecified atom stereocenters. The molecule has 0 radical (unpaired) electrons. The minimum atomic E-state index is -0.217. The van der Waals surface area contributed by atoms with Crippen molar-refractivity contribution in [3.63, 3.8) is 0 Å². The SMILES string of the molecule is COC(=O)N1CCN(CCS)CC1. The summed E-state index contributed by atoms with van der Waals surface area (Å²) in [5.74, 6) is 0.873. The van der Waals surface area contributed by atoms with E-state index in [4.69, 9.17) is 0 Å². The molecule has 0 atom stereocenters. The lowest BCUT2D eigenvalue weighted by Crippen LogP contribution is -2.49. The van der Waals surface area contributed by atoms with Gasteiger partial charge in [-0.25, -0.2) is 4.79 Å². The second kappa shape index (κ2) is 5.34. The molecule has 0 N–H and O–H groups in total. The van der Waals surface area contributed by atoms with Gasteiger partial charge in [-0.1, -0.05) is 0 Å². The predicted molar refractivity (Wildman–Crippen MR) is 54.3 cm³/mol. The zero-order valence-corrected chi connectivity index (χ0v) is 8.80. The van der Waals surface area contributed by atoms with Gasteiger partial charge in [0.2, 0.25) is 0 Å². The van der Waals surface area contributed by atoms with Crippen LogP contribution in [0.25, 0.3) is 0 Å². The van der Waals surface area contributed by atoms with Crippen LogP contribution in [0, 0.1) is 0 Å². The molecule has 1 saturated heterocycles. The topological polar surface area (TPSA) is 32.8 Å². The molecule has 0 saturated carbocycles. The van der Waals surface area contributed by atoms with Crippen molar-refractivity contribution in [2.75, 3.05) is 45.6 Å². The molecule has 0 spiro atoms. The van der Waals surface area contributed by atoms with Crippen LogP contribution < -0.4 is 0 Å². The summed E-state index contributed by atoms with van der Waals surface area (Å²) in [5.41, 5.74) is 0. The molecule has 1 rings (SSSR count). The second-order valence-electron chi connectivity index (χ2n) is 3.02. The molecule has 13 heavy (non-hydrogen) atoms. The van der Waals surface area contributed by atoms with Gasteiger partial charge in [0.25, 0.3) is 0 Å². The molecule has 0 aromatic carbocycles. The lowest BCUT2D eigenvalue weighted by Gasteiger charge is -2.33. The van der Waals surface area contributed by atoms with Gasteiger partial charge in [0, 0.05) is 38.5 Å². The van der Waals surface area contributed by atoms with Crippen LogP contribution in [0.2, 0.25) is 0 Å². The quantitative estimate of drug-likeness (QED) is 0.657. The van der Waals surface area contributed by atoms with Crippen molar-refractivity contribution in [1.82, 2.24) is 9.80 Å². The average molecular weight is 204 g/mol. The Labute approximate surface area is 84.2 Å². The van der Waals surface area contributed by atoms with Crippen molar-refractivity contribution in [2.45, 2.75) is 0 Å². The van der Waals surface area contributed by atoms with Gasteiger partial charge in [-0.3, -0.25) is 4.90 Å². The third-order valence-electron chi connectivity index (χ3n) is 2.22. The predicted octanol–water partition coefficient (Wildman–Crippen LogP) is 0.300. The van der Waals surface area contributed by atoms with Crippen molar-refractivity contribution >= 4 is 18.7 Å². The van der Waals surface area contributed by atoms with Gasteiger partial charge in [-0.05, 0) is 0 Å². The summed E-state index contributed by atoms with van der Waals surface area (Å²) in [4.78, 5) is 15.1. The zero-order valence-electron chi connectivity index (χ0n) is 7.90. The minimum Gasteiger partial charge on any atom is -0.453 e. The maximum absolute atomic E-state index is 11.1. The Balaban J connectivity index is 2.26. The molecule has 1 aliphatic heterocycles. The Bertz CT molecular complexity index is 170. The summed E-state index contributed by atoms with van der Waals surface area (Å²) in [6.45, 7) is 4.38. The number of methoxy groups -OCH3 is 1. The van der Waals surface area contributed by atoms with Gasteiger partial charge in [0.05, 0.1) is 7.11 Å². The molecule has 1 aliphatic rings. The highest BCUT2D eigenvalue weighted by atomic mass is 32.1. The second-order valence-corrected chi connectivity index (χ2v) is 3.47. The van der Waals surface area contributed by atoms with Crippen LogP contribution in [0.3, 0.4) is 0 Å². The molecule has 76 valence electrons. The molecule has 1 fully saturated rings. The average Bonchev–Trinajstić information content (AvgIpc) is 2.18. The molecule has 1 amide bonds. The van der Waals surface area contributed by atoms with Crippen LogP contribution >= 0.6 is 12.6 Å². The number of carbonyl (C=O) groups excluding carboxylic acids is 1. The third-order valence-corrected chi connectivity index (χ3v) is 2.42. The summed E-state index contributed by atoms with van der Waals surface area (Å²) in [6, 6.07) is 0. The van der Waals surface area contributed by atoms with Crippen molar-refractivity contribution in [3.8, 4) is 0 Å². The van der Waals surface area contributed by atoms with E-state index in [0.717, 1.165) is 38.5 Å². The number of hydrogen-bond acceptors (Lipinski definition) is 4. The van der Waals surface area contributed by atoms with E-state index in [2.05, 4.69) is 22.3 Å². The van der Waals surface area contributed by atoms with Gasteiger partial charge in [-0.15, -0.1) is 0 Å². The summed E-state index contributed by atoms with van der Waals surface area (Å²) in [7, 11) is 1.42. The summed E-state index contributed by atoms with van der Waals surface area (Å²) >= 11 is 4.17. The Kier molecular flexibility index (Phi) is 4.38. The lowest BCUT2D eigenvalue weighted by molar-refractivity contribution is 0.0931. The van der Waals surface area contributed by atoms with Crippen molar-refractivity contribution in [2.24, 2.45) is 0 Å². The maximum Gasteiger partial charge on any atom is 0.409 e. The Morgan fingerprint density at radius 1 is 1.38 bits per heavy atom. The fourth-order valence-electron chi connectivity index (χ4n) is 1.42. The van der Waals surface area contributed by atoms with E-state index in [1.54, 1.807) is 4.90 Å². The van der Waals surface area contributed by atoms with Crippen molar-refractivity contribution in [3.05, 3.63) is 0 Å². The van der Waals surface area contributed by atoms with E-state index in [-0.39, 0.29) is 6.09 Å². The van der Waals surface area contributed by atoms with Gasteiger partial charge >= 0.3 is 6.09 Å². The zero-order chi connectivity index (χ0) is 9.68. The van der Waals surface area contributed by atoms with E-state index in [1.807, 2.05) is 0 Å². The van der Waals surface area contributed by atoms with Crippen LogP contribution in [0.15, 0.2) is 0 Å². The van der Waals surface area contributed by atoms with Gasteiger partial charge in [0.15, 0.2) is 0 Å². The van der Waals surface area contributed by atoms with Gasteiger partial charge < -0.3 is 9.64 Å². The largest absolute Gasteiger partial charge is 0.453 e. The Hall–Kier alpha value is -0.420. The summed E-state index contributed by atoms with van der Waals surface area (Å²) in [5, 5.41) is 0. The molecule has 0 aromatic rings. The number of ether oxygens (including phenoxy) is 1. The van der Waals surface area contributed by atoms with Crippen LogP contribution in [-0.2, 0) is 4.74 Å². The molecular formula is C8H16N2O2S. The number of nitrogens with zero attached hydrogens (tertiary/aromatic N) is 2. The highest BCUT2D eigenvalue weighted by molar-refractivity contribution is 7.80. The highest BCUT2D eigenvalue weighted by Gasteiger charge is 2.20. The number of amides is 1. The molecular weight excluding hydrogens is 188 g/mol. The first kappa shape index (κ1) is 10.7. The Morgan fingerprint density at radius 2 is 2.00 bits per heavy atom. The maximum atomic E-state index is 11.1. The van der Waals surface area contributed by atoms with Gasteiger partial charge in [-0.2, -0.15) is 12.6 Å². The standard InChI is InChI=1S/C8H16N2O2S/c1-12-8(11)10-4-2-9(3-5-10)6-7-13/h13H,2-7H2,1H3. The number of hydrogen-bond donors (Lipinski definition) is 1. The lowest BCUT2D eigenvalue weighted by atomic mass is 10.3. The fourth-order valence-corrected chi connectivity index (χ4v) is 1.71. The number of carbonyl (C=O) groups is 1. The number of piperazine rings is 1. The smallest absolute Gasteiger partial charge is 0.409 e. The molecule has 5 heteroatoms. The van der Waals surface area contributed by atoms with E-state index in [1.165, 1.54) is 7.11 Å².